The number of amides is 1. The molecule has 27 heavy (non-hydrogen) atoms. The lowest BCUT2D eigenvalue weighted by Crippen LogP contribution is -2.49. The lowest BCUT2D eigenvalue weighted by Gasteiger charge is -2.31. The molecule has 0 aliphatic carbocycles. The third-order valence-electron chi connectivity index (χ3n) is 4.49. The molecule has 0 fully saturated rings. The van der Waals surface area contributed by atoms with Gasteiger partial charge in [-0.15, -0.1) is 0 Å². The van der Waals surface area contributed by atoms with Gasteiger partial charge in [-0.1, -0.05) is 60.2 Å². The average Bonchev–Trinajstić information content (AvgIpc) is 2.67. The number of carboxylic acid groups (broad SMARTS) is 1. The third kappa shape index (κ3) is 6.04. The fraction of sp³-hybridized carbons (Fsp3) is 0.333. The number of aliphatic carboxylic acids is 1. The molecule has 144 valence electrons. The molecule has 6 heteroatoms. The molecule has 0 bridgehead atoms. The molecular formula is C21H25NO3S2. The molecule has 0 heterocycles. The van der Waals surface area contributed by atoms with Crippen LogP contribution in [0.2, 0.25) is 0 Å². The minimum Gasteiger partial charge on any atom is -0.480 e. The van der Waals surface area contributed by atoms with E-state index in [1.54, 1.807) is 0 Å². The summed E-state index contributed by atoms with van der Waals surface area (Å²) in [5.41, 5.74) is 3.02. The van der Waals surface area contributed by atoms with Crippen molar-refractivity contribution in [2.24, 2.45) is 5.92 Å². The van der Waals surface area contributed by atoms with Crippen LogP contribution in [0.1, 0.15) is 16.7 Å². The van der Waals surface area contributed by atoms with Gasteiger partial charge in [-0.3, -0.25) is 4.79 Å². The van der Waals surface area contributed by atoms with E-state index in [4.69, 9.17) is 0 Å². The van der Waals surface area contributed by atoms with Gasteiger partial charge in [0, 0.05) is 18.1 Å². The Balaban J connectivity index is 2.27. The Labute approximate surface area is 171 Å². The van der Waals surface area contributed by atoms with Crippen LogP contribution in [0, 0.1) is 12.8 Å². The van der Waals surface area contributed by atoms with E-state index in [9.17, 15) is 14.7 Å². The van der Waals surface area contributed by atoms with Gasteiger partial charge in [0.25, 0.3) is 0 Å². The first-order valence-electron chi connectivity index (χ1n) is 8.80. The highest BCUT2D eigenvalue weighted by Crippen LogP contribution is 2.19. The van der Waals surface area contributed by atoms with Crippen LogP contribution in [0.15, 0.2) is 54.6 Å². The predicted octanol–water partition coefficient (Wildman–Crippen LogP) is 3.50. The van der Waals surface area contributed by atoms with E-state index < -0.39 is 17.9 Å². The van der Waals surface area contributed by atoms with Gasteiger partial charge < -0.3 is 10.0 Å². The van der Waals surface area contributed by atoms with Gasteiger partial charge >= 0.3 is 5.97 Å². The maximum absolute atomic E-state index is 13.2. The molecule has 2 atom stereocenters. The number of hydrogen-bond acceptors (Lipinski definition) is 4. The molecule has 2 aromatic rings. The van der Waals surface area contributed by atoms with E-state index in [2.05, 4.69) is 25.3 Å². The van der Waals surface area contributed by atoms with Crippen molar-refractivity contribution >= 4 is 37.1 Å². The van der Waals surface area contributed by atoms with Crippen LogP contribution < -0.4 is 0 Å². The smallest absolute Gasteiger partial charge is 0.327 e. The molecule has 1 N–H and O–H groups in total. The normalized spacial score (nSPS) is 13.0. The molecule has 0 aliphatic rings. The lowest BCUT2D eigenvalue weighted by atomic mass is 9.98. The molecule has 1 amide bonds. The minimum atomic E-state index is -1.05. The number of hydrogen-bond donors (Lipinski definition) is 3. The zero-order chi connectivity index (χ0) is 19.8. The van der Waals surface area contributed by atoms with Gasteiger partial charge in [0.15, 0.2) is 0 Å². The van der Waals surface area contributed by atoms with Gasteiger partial charge in [0.1, 0.15) is 6.04 Å². The summed E-state index contributed by atoms with van der Waals surface area (Å²) in [7, 11) is 0. The topological polar surface area (TPSA) is 57.6 Å². The third-order valence-corrected chi connectivity index (χ3v) is 5.27. The van der Waals surface area contributed by atoms with Gasteiger partial charge in [0.2, 0.25) is 5.91 Å². The van der Waals surface area contributed by atoms with Gasteiger partial charge in [-0.05, 0) is 24.5 Å². The van der Waals surface area contributed by atoms with Crippen molar-refractivity contribution in [1.29, 1.82) is 0 Å². The first-order chi connectivity index (χ1) is 13.0. The second-order valence-corrected chi connectivity index (χ2v) is 7.29. The molecule has 0 saturated carbocycles. The highest BCUT2D eigenvalue weighted by Gasteiger charge is 2.32. The largest absolute Gasteiger partial charge is 0.480 e. The zero-order valence-electron chi connectivity index (χ0n) is 15.3. The van der Waals surface area contributed by atoms with E-state index in [-0.39, 0.29) is 18.2 Å². The Kier molecular flexibility index (Phi) is 8.25. The molecule has 0 aliphatic heterocycles. The highest BCUT2D eigenvalue weighted by molar-refractivity contribution is 7.80. The average molecular weight is 404 g/mol. The molecular weight excluding hydrogens is 378 g/mol. The maximum Gasteiger partial charge on any atom is 0.327 e. The number of carbonyl (C=O) groups is 2. The number of carboxylic acids is 1. The summed E-state index contributed by atoms with van der Waals surface area (Å²) in [5, 5.41) is 9.60. The number of rotatable bonds is 9. The first kappa shape index (κ1) is 21.4. The van der Waals surface area contributed by atoms with E-state index in [1.165, 1.54) is 4.90 Å². The Morgan fingerprint density at radius 3 is 2.11 bits per heavy atom. The van der Waals surface area contributed by atoms with E-state index >= 15 is 0 Å². The van der Waals surface area contributed by atoms with E-state index in [0.29, 0.717) is 12.2 Å². The summed E-state index contributed by atoms with van der Waals surface area (Å²) >= 11 is 8.53. The highest BCUT2D eigenvalue weighted by atomic mass is 32.1. The summed E-state index contributed by atoms with van der Waals surface area (Å²) in [4.78, 5) is 26.4. The van der Waals surface area contributed by atoms with Crippen LogP contribution in [0.25, 0.3) is 0 Å². The Morgan fingerprint density at radius 2 is 1.59 bits per heavy atom. The molecule has 0 spiro atoms. The van der Waals surface area contributed by atoms with Crippen molar-refractivity contribution in [1.82, 2.24) is 4.90 Å². The summed E-state index contributed by atoms with van der Waals surface area (Å²) in [5.74, 6) is -1.27. The molecule has 2 aromatic carbocycles. The Bertz CT molecular complexity index is 750. The van der Waals surface area contributed by atoms with E-state index in [1.807, 2.05) is 61.5 Å². The molecule has 2 rings (SSSR count). The number of carbonyl (C=O) groups excluding carboxylic acids is 1. The van der Waals surface area contributed by atoms with Crippen LogP contribution in [-0.4, -0.2) is 39.4 Å². The molecule has 1 unspecified atom stereocenters. The SMILES string of the molecule is Cc1ccc(CN(C(=O)C(CS)Cc2ccccc2)[C@@H](CS)C(=O)O)cc1. The Morgan fingerprint density at radius 1 is 0.963 bits per heavy atom. The van der Waals surface area contributed by atoms with Crippen LogP contribution in [-0.2, 0) is 22.6 Å². The van der Waals surface area contributed by atoms with Crippen molar-refractivity contribution in [3.05, 3.63) is 71.3 Å². The maximum atomic E-state index is 13.2. The number of aryl methyl sites for hydroxylation is 1. The number of nitrogens with zero attached hydrogens (tertiary/aromatic N) is 1. The second kappa shape index (κ2) is 10.4. The number of thiol groups is 2. The molecule has 4 nitrogen and oxygen atoms in total. The Hall–Kier alpha value is -1.92. The first-order valence-corrected chi connectivity index (χ1v) is 10.1. The van der Waals surface area contributed by atoms with Gasteiger partial charge in [-0.25, -0.2) is 4.79 Å². The summed E-state index contributed by atoms with van der Waals surface area (Å²) < 4.78 is 0. The van der Waals surface area contributed by atoms with Crippen molar-refractivity contribution in [2.45, 2.75) is 25.9 Å². The monoisotopic (exact) mass is 403 g/mol. The van der Waals surface area contributed by atoms with E-state index in [0.717, 1.165) is 16.7 Å². The van der Waals surface area contributed by atoms with Crippen LogP contribution >= 0.6 is 25.3 Å². The van der Waals surface area contributed by atoms with Crippen molar-refractivity contribution < 1.29 is 14.7 Å². The van der Waals surface area contributed by atoms with Gasteiger partial charge in [0.05, 0.1) is 5.92 Å². The molecule has 0 saturated heterocycles. The molecule has 0 radical (unpaired) electrons. The minimum absolute atomic E-state index is 0.0531. The van der Waals surface area contributed by atoms with Crippen molar-refractivity contribution in [3.63, 3.8) is 0 Å². The fourth-order valence-corrected chi connectivity index (χ4v) is 3.54. The molecule has 0 aromatic heterocycles. The van der Waals surface area contributed by atoms with Crippen LogP contribution in [0.4, 0.5) is 0 Å². The van der Waals surface area contributed by atoms with Crippen molar-refractivity contribution in [2.75, 3.05) is 11.5 Å². The number of benzene rings is 2. The second-order valence-electron chi connectivity index (χ2n) is 6.56. The summed E-state index contributed by atoms with van der Waals surface area (Å²) in [6, 6.07) is 16.4. The van der Waals surface area contributed by atoms with Crippen molar-refractivity contribution in [3.8, 4) is 0 Å². The summed E-state index contributed by atoms with van der Waals surface area (Å²) in [6.07, 6.45) is 0.520. The van der Waals surface area contributed by atoms with Gasteiger partial charge in [-0.2, -0.15) is 25.3 Å². The van der Waals surface area contributed by atoms with Crippen LogP contribution in [0.5, 0.6) is 0 Å². The standard InChI is InChI=1S/C21H25NO3S2/c1-15-7-9-17(10-8-15)12-22(19(14-27)21(24)25)20(23)18(13-26)11-16-5-3-2-4-6-16/h2-10,18-19,26-27H,11-14H2,1H3,(H,24,25)/t18?,19-/m0/s1. The zero-order valence-corrected chi connectivity index (χ0v) is 17.1. The van der Waals surface area contributed by atoms with Crippen LogP contribution in [0.3, 0.4) is 0 Å². The predicted molar refractivity (Wildman–Crippen MR) is 114 cm³/mol. The fourth-order valence-electron chi connectivity index (χ4n) is 2.90. The lowest BCUT2D eigenvalue weighted by molar-refractivity contribution is -0.151. The summed E-state index contributed by atoms with van der Waals surface area (Å²) in [6.45, 7) is 2.22. The quantitative estimate of drug-likeness (QED) is 0.562.